The van der Waals surface area contributed by atoms with E-state index < -0.39 is 15.9 Å². The first-order chi connectivity index (χ1) is 12.9. The van der Waals surface area contributed by atoms with Gasteiger partial charge in [0.2, 0.25) is 0 Å². The molecule has 2 N–H and O–H groups in total. The second-order valence-corrected chi connectivity index (χ2v) is 8.17. The Morgan fingerprint density at radius 1 is 1.11 bits per heavy atom. The van der Waals surface area contributed by atoms with Gasteiger partial charge < -0.3 is 5.32 Å². The Kier molecular flexibility index (Phi) is 6.08. The highest BCUT2D eigenvalue weighted by molar-refractivity contribution is 7.90. The van der Waals surface area contributed by atoms with E-state index in [0.717, 1.165) is 19.3 Å². The summed E-state index contributed by atoms with van der Waals surface area (Å²) in [7, 11) is -3.77. The van der Waals surface area contributed by atoms with Crippen LogP contribution in [0, 0.1) is 0 Å². The minimum absolute atomic E-state index is 0.0569. The van der Waals surface area contributed by atoms with Gasteiger partial charge in [-0.1, -0.05) is 24.1 Å². The van der Waals surface area contributed by atoms with E-state index in [4.69, 9.17) is 11.6 Å². The van der Waals surface area contributed by atoms with E-state index in [1.165, 1.54) is 30.5 Å². The van der Waals surface area contributed by atoms with Crippen LogP contribution in [0.25, 0.3) is 0 Å². The molecule has 0 atom stereocenters. The van der Waals surface area contributed by atoms with Crippen LogP contribution in [0.15, 0.2) is 52.5 Å². The van der Waals surface area contributed by atoms with Crippen LogP contribution < -0.4 is 10.0 Å². The molecule has 2 heterocycles. The zero-order chi connectivity index (χ0) is 19.3. The minimum atomic E-state index is -3.77. The standard InChI is InChI=1S/C18H19ClN4O3S/c19-16-9-8-13(12-21-16)18(24)22-14-5-4-6-15(11-14)27(25,26)23-17-7-2-1-3-10-20-17/h4-6,8-9,11-12H,1-3,7,10H2,(H,20,23)(H,22,24). The predicted molar refractivity (Wildman–Crippen MR) is 105 cm³/mol. The average molecular weight is 407 g/mol. The van der Waals surface area contributed by atoms with Gasteiger partial charge in [0, 0.05) is 24.8 Å². The van der Waals surface area contributed by atoms with Gasteiger partial charge >= 0.3 is 0 Å². The molecule has 0 aliphatic carbocycles. The van der Waals surface area contributed by atoms with Crippen molar-refractivity contribution in [2.75, 3.05) is 11.9 Å². The number of carbonyl (C=O) groups excluding carboxylic acids is 1. The van der Waals surface area contributed by atoms with Crippen molar-refractivity contribution < 1.29 is 13.2 Å². The summed E-state index contributed by atoms with van der Waals surface area (Å²) >= 11 is 5.71. The third-order valence-corrected chi connectivity index (χ3v) is 5.62. The summed E-state index contributed by atoms with van der Waals surface area (Å²) < 4.78 is 27.8. The number of hydrogen-bond acceptors (Lipinski definition) is 5. The number of aliphatic imine (C=N–C) groups is 1. The third-order valence-electron chi connectivity index (χ3n) is 4.02. The SMILES string of the molecule is O=C(Nc1cccc(S(=O)(=O)NC2=NCCCCC2)c1)c1ccc(Cl)nc1. The van der Waals surface area contributed by atoms with Crippen LogP contribution in [0.4, 0.5) is 5.69 Å². The Bertz CT molecular complexity index is 959. The van der Waals surface area contributed by atoms with Gasteiger partial charge in [-0.25, -0.2) is 13.4 Å². The largest absolute Gasteiger partial charge is 0.322 e. The number of pyridine rings is 1. The highest BCUT2D eigenvalue weighted by Gasteiger charge is 2.18. The molecule has 0 bridgehead atoms. The molecule has 1 amide bonds. The van der Waals surface area contributed by atoms with Crippen LogP contribution in [0.5, 0.6) is 0 Å². The van der Waals surface area contributed by atoms with Gasteiger partial charge in [-0.15, -0.1) is 0 Å². The Morgan fingerprint density at radius 3 is 2.74 bits per heavy atom. The number of hydrogen-bond donors (Lipinski definition) is 2. The lowest BCUT2D eigenvalue weighted by atomic mass is 10.2. The first-order valence-corrected chi connectivity index (χ1v) is 10.4. The topological polar surface area (TPSA) is 101 Å². The van der Waals surface area contributed by atoms with E-state index in [-0.39, 0.29) is 10.0 Å². The lowest BCUT2D eigenvalue weighted by molar-refractivity contribution is 0.102. The van der Waals surface area contributed by atoms with Crippen LogP contribution >= 0.6 is 11.6 Å². The molecular weight excluding hydrogens is 388 g/mol. The molecule has 1 aromatic heterocycles. The number of anilines is 1. The Hall–Kier alpha value is -2.45. The highest BCUT2D eigenvalue weighted by Crippen LogP contribution is 2.17. The van der Waals surface area contributed by atoms with Crippen molar-refractivity contribution in [3.05, 3.63) is 53.3 Å². The van der Waals surface area contributed by atoms with E-state index in [9.17, 15) is 13.2 Å². The fourth-order valence-corrected chi connectivity index (χ4v) is 3.87. The molecule has 0 radical (unpaired) electrons. The van der Waals surface area contributed by atoms with Crippen molar-refractivity contribution in [2.45, 2.75) is 30.6 Å². The van der Waals surface area contributed by atoms with Gasteiger partial charge in [-0.2, -0.15) is 0 Å². The second kappa shape index (κ2) is 8.49. The molecule has 7 nitrogen and oxygen atoms in total. The number of sulfonamides is 1. The average Bonchev–Trinajstić information content (AvgIpc) is 2.90. The Morgan fingerprint density at radius 2 is 1.96 bits per heavy atom. The van der Waals surface area contributed by atoms with E-state index in [1.807, 2.05) is 0 Å². The second-order valence-electron chi connectivity index (χ2n) is 6.10. The van der Waals surface area contributed by atoms with Gasteiger partial charge in [-0.05, 0) is 43.2 Å². The molecule has 1 aliphatic heterocycles. The monoisotopic (exact) mass is 406 g/mol. The lowest BCUT2D eigenvalue weighted by Crippen LogP contribution is -2.30. The number of benzene rings is 1. The van der Waals surface area contributed by atoms with E-state index in [1.54, 1.807) is 12.1 Å². The molecule has 1 aliphatic rings. The van der Waals surface area contributed by atoms with Crippen LogP contribution in [-0.4, -0.2) is 31.7 Å². The molecular formula is C18H19ClN4O3S. The van der Waals surface area contributed by atoms with Crippen LogP contribution in [-0.2, 0) is 10.0 Å². The van der Waals surface area contributed by atoms with Crippen molar-refractivity contribution in [3.63, 3.8) is 0 Å². The summed E-state index contributed by atoms with van der Waals surface area (Å²) in [5, 5.41) is 2.94. The molecule has 142 valence electrons. The highest BCUT2D eigenvalue weighted by atomic mass is 35.5. The van der Waals surface area contributed by atoms with Gasteiger partial charge in [0.1, 0.15) is 11.0 Å². The number of nitrogens with one attached hydrogen (secondary N) is 2. The van der Waals surface area contributed by atoms with Gasteiger partial charge in [0.05, 0.1) is 10.5 Å². The number of carbonyl (C=O) groups is 1. The quantitative estimate of drug-likeness (QED) is 0.761. The van der Waals surface area contributed by atoms with Crippen molar-refractivity contribution in [1.29, 1.82) is 0 Å². The zero-order valence-electron chi connectivity index (χ0n) is 14.5. The zero-order valence-corrected chi connectivity index (χ0v) is 16.1. The van der Waals surface area contributed by atoms with E-state index in [2.05, 4.69) is 20.0 Å². The van der Waals surface area contributed by atoms with Crippen molar-refractivity contribution in [3.8, 4) is 0 Å². The minimum Gasteiger partial charge on any atom is -0.322 e. The Labute approximate surface area is 162 Å². The maximum atomic E-state index is 12.6. The van der Waals surface area contributed by atoms with Gasteiger partial charge in [0.25, 0.3) is 15.9 Å². The summed E-state index contributed by atoms with van der Waals surface area (Å²) in [5.41, 5.74) is 0.680. The van der Waals surface area contributed by atoms with Crippen LogP contribution in [0.3, 0.4) is 0 Å². The van der Waals surface area contributed by atoms with E-state index >= 15 is 0 Å². The van der Waals surface area contributed by atoms with Gasteiger partial charge in [0.15, 0.2) is 0 Å². The van der Waals surface area contributed by atoms with Gasteiger partial charge in [-0.3, -0.25) is 14.5 Å². The summed E-state index contributed by atoms with van der Waals surface area (Å²) in [6.45, 7) is 0.628. The number of nitrogens with zero attached hydrogens (tertiary/aromatic N) is 2. The molecule has 2 aromatic rings. The first-order valence-electron chi connectivity index (χ1n) is 8.53. The van der Waals surface area contributed by atoms with Crippen molar-refractivity contribution >= 4 is 39.1 Å². The molecule has 1 aromatic carbocycles. The molecule has 0 spiro atoms. The summed E-state index contributed by atoms with van der Waals surface area (Å²) in [4.78, 5) is 20.5. The normalized spacial score (nSPS) is 14.8. The first kappa shape index (κ1) is 19.3. The lowest BCUT2D eigenvalue weighted by Gasteiger charge is -2.11. The fraction of sp³-hybridized carbons (Fsp3) is 0.278. The molecule has 3 rings (SSSR count). The van der Waals surface area contributed by atoms with Crippen molar-refractivity contribution in [2.24, 2.45) is 4.99 Å². The van der Waals surface area contributed by atoms with E-state index in [0.29, 0.717) is 30.1 Å². The molecule has 0 unspecified atom stereocenters. The maximum Gasteiger partial charge on any atom is 0.262 e. The predicted octanol–water partition coefficient (Wildman–Crippen LogP) is 3.24. The summed E-state index contributed by atoms with van der Waals surface area (Å²) in [6, 6.07) is 9.11. The van der Waals surface area contributed by atoms with Crippen molar-refractivity contribution in [1.82, 2.24) is 9.71 Å². The molecule has 0 saturated heterocycles. The molecule has 0 fully saturated rings. The van der Waals surface area contributed by atoms with Crippen LogP contribution in [0.2, 0.25) is 5.15 Å². The fourth-order valence-electron chi connectivity index (χ4n) is 2.63. The molecule has 27 heavy (non-hydrogen) atoms. The maximum absolute atomic E-state index is 12.6. The third kappa shape index (κ3) is 5.27. The number of rotatable bonds is 4. The number of amidine groups is 1. The molecule has 9 heteroatoms. The number of halogens is 1. The smallest absolute Gasteiger partial charge is 0.262 e. The summed E-state index contributed by atoms with van der Waals surface area (Å²) in [6.07, 6.45) is 4.87. The number of amides is 1. The number of aromatic nitrogens is 1. The summed E-state index contributed by atoms with van der Waals surface area (Å²) in [5.74, 6) is 0.0731. The Balaban J connectivity index is 1.75. The molecule has 0 saturated carbocycles. The van der Waals surface area contributed by atoms with Crippen LogP contribution in [0.1, 0.15) is 36.0 Å².